The Morgan fingerprint density at radius 1 is 1.03 bits per heavy atom. The number of piperidine rings is 1. The fraction of sp³-hybridized carbons (Fsp3) is 0.478. The van der Waals surface area contributed by atoms with Crippen LogP contribution in [0.4, 0.5) is 4.39 Å². The average molecular weight is 415 g/mol. The number of benzene rings is 2. The number of likely N-dealkylation sites (tertiary alicyclic amines) is 1. The number of nitrogens with zero attached hydrogens (tertiary/aromatic N) is 1. The molecule has 0 bridgehead atoms. The molecule has 0 aromatic heterocycles. The number of hydrogen-bond acceptors (Lipinski definition) is 6. The first-order valence-electron chi connectivity index (χ1n) is 10.5. The molecule has 2 atom stereocenters. The lowest BCUT2D eigenvalue weighted by molar-refractivity contribution is -0.0589. The molecule has 0 aliphatic carbocycles. The summed E-state index contributed by atoms with van der Waals surface area (Å²) >= 11 is 0. The van der Waals surface area contributed by atoms with Crippen LogP contribution in [0.3, 0.4) is 0 Å². The fourth-order valence-electron chi connectivity index (χ4n) is 4.68. The van der Waals surface area contributed by atoms with Gasteiger partial charge in [-0.05, 0) is 48.7 Å². The second-order valence-corrected chi connectivity index (χ2v) is 8.41. The maximum atomic E-state index is 13.5. The topological polar surface area (TPSA) is 71.4 Å². The highest BCUT2D eigenvalue weighted by molar-refractivity contribution is 5.44. The van der Waals surface area contributed by atoms with Crippen LogP contribution in [0.5, 0.6) is 17.2 Å². The standard InChI is InChI=1S/C23H26FNO5/c24-16-2-4-20-17(12-16)18(26)13-23(30-20)5-7-25(8-6-23)14-19(27)15-1-3-21-22(11-15)29-10-9-28-21/h1-4,11-12,18-19,26-27H,5-10,13-14H2/t18-,19+/m0/s1. The Balaban J connectivity index is 1.22. The number of rotatable bonds is 3. The Hall–Kier alpha value is -2.35. The van der Waals surface area contributed by atoms with Crippen molar-refractivity contribution in [1.82, 2.24) is 4.90 Å². The van der Waals surface area contributed by atoms with Crippen molar-refractivity contribution in [3.05, 3.63) is 53.3 Å². The number of aliphatic hydroxyl groups is 2. The van der Waals surface area contributed by atoms with E-state index in [1.54, 1.807) is 6.07 Å². The highest BCUT2D eigenvalue weighted by atomic mass is 19.1. The summed E-state index contributed by atoms with van der Waals surface area (Å²) < 4.78 is 30.9. The largest absolute Gasteiger partial charge is 0.487 e. The van der Waals surface area contributed by atoms with Crippen LogP contribution >= 0.6 is 0 Å². The normalized spacial score (nSPS) is 23.5. The van der Waals surface area contributed by atoms with Crippen LogP contribution < -0.4 is 14.2 Å². The van der Waals surface area contributed by atoms with Crippen molar-refractivity contribution in [2.24, 2.45) is 0 Å². The zero-order valence-corrected chi connectivity index (χ0v) is 16.7. The Morgan fingerprint density at radius 2 is 1.77 bits per heavy atom. The van der Waals surface area contributed by atoms with Crippen LogP contribution in [-0.2, 0) is 0 Å². The van der Waals surface area contributed by atoms with Crippen LogP contribution in [0, 0.1) is 5.82 Å². The van der Waals surface area contributed by atoms with E-state index < -0.39 is 17.8 Å². The summed E-state index contributed by atoms with van der Waals surface area (Å²) in [6.45, 7) is 3.08. The molecule has 2 aromatic carbocycles. The SMILES string of the molecule is O[C@H](CN1CCC2(CC1)C[C@H](O)c1cc(F)ccc1O2)c1ccc2c(c1)OCCO2. The summed E-state index contributed by atoms with van der Waals surface area (Å²) in [5.74, 6) is 1.59. The first-order chi connectivity index (χ1) is 14.5. The second-order valence-electron chi connectivity index (χ2n) is 8.41. The number of halogens is 1. The Morgan fingerprint density at radius 3 is 2.57 bits per heavy atom. The van der Waals surface area contributed by atoms with Gasteiger partial charge in [0.15, 0.2) is 11.5 Å². The van der Waals surface area contributed by atoms with E-state index in [4.69, 9.17) is 14.2 Å². The van der Waals surface area contributed by atoms with Crippen molar-refractivity contribution in [3.8, 4) is 17.2 Å². The Kier molecular flexibility index (Phi) is 5.05. The van der Waals surface area contributed by atoms with E-state index in [0.717, 1.165) is 31.5 Å². The fourth-order valence-corrected chi connectivity index (χ4v) is 4.68. The van der Waals surface area contributed by atoms with Crippen molar-refractivity contribution in [2.45, 2.75) is 37.1 Å². The van der Waals surface area contributed by atoms with Crippen molar-refractivity contribution in [1.29, 1.82) is 0 Å². The highest BCUT2D eigenvalue weighted by Gasteiger charge is 2.43. The number of aliphatic hydroxyl groups excluding tert-OH is 2. The minimum Gasteiger partial charge on any atom is -0.487 e. The molecule has 2 N–H and O–H groups in total. The van der Waals surface area contributed by atoms with Gasteiger partial charge in [0.2, 0.25) is 0 Å². The molecule has 7 heteroatoms. The van der Waals surface area contributed by atoms with Gasteiger partial charge < -0.3 is 29.3 Å². The van der Waals surface area contributed by atoms with Gasteiger partial charge >= 0.3 is 0 Å². The van der Waals surface area contributed by atoms with Crippen molar-refractivity contribution in [2.75, 3.05) is 32.8 Å². The zero-order valence-electron chi connectivity index (χ0n) is 16.7. The lowest BCUT2D eigenvalue weighted by Crippen LogP contribution is -2.51. The number of ether oxygens (including phenoxy) is 3. The van der Waals surface area contributed by atoms with Gasteiger partial charge in [-0.2, -0.15) is 0 Å². The first kappa shape index (κ1) is 19.6. The summed E-state index contributed by atoms with van der Waals surface area (Å²) in [4.78, 5) is 2.21. The summed E-state index contributed by atoms with van der Waals surface area (Å²) in [5.41, 5.74) is 0.889. The molecule has 0 saturated carbocycles. The van der Waals surface area contributed by atoms with Gasteiger partial charge in [-0.25, -0.2) is 4.39 Å². The van der Waals surface area contributed by atoms with E-state index >= 15 is 0 Å². The van der Waals surface area contributed by atoms with Gasteiger partial charge in [0, 0.05) is 31.6 Å². The molecule has 2 aromatic rings. The third-order valence-electron chi connectivity index (χ3n) is 6.37. The predicted octanol–water partition coefficient (Wildman–Crippen LogP) is 2.98. The van der Waals surface area contributed by atoms with Crippen LogP contribution in [0.1, 0.15) is 42.6 Å². The molecule has 1 fully saturated rings. The van der Waals surface area contributed by atoms with Crippen LogP contribution in [0.15, 0.2) is 36.4 Å². The Labute approximate surface area is 174 Å². The quantitative estimate of drug-likeness (QED) is 0.803. The molecule has 5 rings (SSSR count). The maximum Gasteiger partial charge on any atom is 0.161 e. The van der Waals surface area contributed by atoms with Crippen LogP contribution in [0.25, 0.3) is 0 Å². The molecule has 6 nitrogen and oxygen atoms in total. The average Bonchev–Trinajstić information content (AvgIpc) is 2.76. The molecule has 1 spiro atoms. The molecule has 3 aliphatic rings. The van der Waals surface area contributed by atoms with Gasteiger partial charge in [0.05, 0.1) is 12.2 Å². The van der Waals surface area contributed by atoms with Crippen molar-refractivity contribution >= 4 is 0 Å². The summed E-state index contributed by atoms with van der Waals surface area (Å²) in [7, 11) is 0. The van der Waals surface area contributed by atoms with E-state index in [0.29, 0.717) is 49.0 Å². The number of fused-ring (bicyclic) bond motifs is 2. The maximum absolute atomic E-state index is 13.5. The highest BCUT2D eigenvalue weighted by Crippen LogP contribution is 2.44. The third kappa shape index (κ3) is 3.73. The van der Waals surface area contributed by atoms with Gasteiger partial charge in [0.25, 0.3) is 0 Å². The molecule has 0 amide bonds. The zero-order chi connectivity index (χ0) is 20.7. The minimum absolute atomic E-state index is 0.365. The number of hydrogen-bond donors (Lipinski definition) is 2. The molecule has 160 valence electrons. The molecular formula is C23H26FNO5. The second kappa shape index (κ2) is 7.72. The van der Waals surface area contributed by atoms with Crippen molar-refractivity contribution < 1.29 is 28.8 Å². The van der Waals surface area contributed by atoms with Gasteiger partial charge in [0.1, 0.15) is 30.4 Å². The summed E-state index contributed by atoms with van der Waals surface area (Å²) in [6, 6.07) is 9.89. The summed E-state index contributed by atoms with van der Waals surface area (Å²) in [5, 5.41) is 21.3. The molecule has 3 heterocycles. The van der Waals surface area contributed by atoms with Crippen molar-refractivity contribution in [3.63, 3.8) is 0 Å². The molecular weight excluding hydrogens is 389 g/mol. The summed E-state index contributed by atoms with van der Waals surface area (Å²) in [6.07, 6.45) is 0.599. The molecule has 0 unspecified atom stereocenters. The third-order valence-corrected chi connectivity index (χ3v) is 6.37. The molecule has 1 saturated heterocycles. The monoisotopic (exact) mass is 415 g/mol. The number of β-amino-alcohol motifs (C(OH)–C–C–N with tert-alkyl or cyclic N) is 1. The lowest BCUT2D eigenvalue weighted by Gasteiger charge is -2.46. The van der Waals surface area contributed by atoms with Gasteiger partial charge in [-0.1, -0.05) is 6.07 Å². The Bertz CT molecular complexity index is 928. The van der Waals surface area contributed by atoms with Crippen LogP contribution in [-0.4, -0.2) is 53.6 Å². The molecule has 30 heavy (non-hydrogen) atoms. The van der Waals surface area contributed by atoms with E-state index in [1.807, 2.05) is 18.2 Å². The predicted molar refractivity (Wildman–Crippen MR) is 107 cm³/mol. The molecule has 3 aliphatic heterocycles. The van der Waals surface area contributed by atoms with E-state index in [1.165, 1.54) is 12.1 Å². The van der Waals surface area contributed by atoms with E-state index in [-0.39, 0.29) is 5.82 Å². The molecule has 0 radical (unpaired) electrons. The minimum atomic E-state index is -0.723. The van der Waals surface area contributed by atoms with Gasteiger partial charge in [-0.3, -0.25) is 0 Å². The van der Waals surface area contributed by atoms with E-state index in [9.17, 15) is 14.6 Å². The van der Waals surface area contributed by atoms with Crippen LogP contribution in [0.2, 0.25) is 0 Å². The van der Waals surface area contributed by atoms with E-state index in [2.05, 4.69) is 4.90 Å². The van der Waals surface area contributed by atoms with Gasteiger partial charge in [-0.15, -0.1) is 0 Å². The first-order valence-corrected chi connectivity index (χ1v) is 10.5. The lowest BCUT2D eigenvalue weighted by atomic mass is 9.81. The smallest absolute Gasteiger partial charge is 0.161 e.